The first-order valence-corrected chi connectivity index (χ1v) is 9.42. The van der Waals surface area contributed by atoms with Crippen LogP contribution >= 0.6 is 0 Å². The molecule has 27 heavy (non-hydrogen) atoms. The molecule has 2 aromatic carbocycles. The Hall–Kier alpha value is -2.66. The van der Waals surface area contributed by atoms with Crippen LogP contribution in [-0.4, -0.2) is 46.9 Å². The van der Waals surface area contributed by atoms with Gasteiger partial charge in [0.15, 0.2) is 0 Å². The Morgan fingerprint density at radius 1 is 1.15 bits per heavy atom. The summed E-state index contributed by atoms with van der Waals surface area (Å²) in [6, 6.07) is 14.9. The summed E-state index contributed by atoms with van der Waals surface area (Å²) in [6.45, 7) is 2.32. The first-order valence-electron chi connectivity index (χ1n) is 9.42. The van der Waals surface area contributed by atoms with E-state index in [1.165, 1.54) is 6.07 Å². The minimum absolute atomic E-state index is 0.0668. The molecule has 4 rings (SSSR count). The fourth-order valence-electron chi connectivity index (χ4n) is 3.97. The van der Waals surface area contributed by atoms with Crippen molar-refractivity contribution >= 4 is 16.8 Å². The van der Waals surface area contributed by atoms with Crippen LogP contribution in [-0.2, 0) is 6.54 Å². The molecule has 1 aromatic heterocycles. The molecule has 4 nitrogen and oxygen atoms in total. The van der Waals surface area contributed by atoms with Gasteiger partial charge in [-0.25, -0.2) is 4.39 Å². The van der Waals surface area contributed by atoms with Crippen molar-refractivity contribution in [2.24, 2.45) is 0 Å². The van der Waals surface area contributed by atoms with E-state index >= 15 is 0 Å². The number of rotatable bonds is 4. The van der Waals surface area contributed by atoms with Gasteiger partial charge in [0.1, 0.15) is 5.82 Å². The van der Waals surface area contributed by atoms with Crippen molar-refractivity contribution < 1.29 is 9.18 Å². The number of H-pyrrole nitrogens is 1. The Labute approximate surface area is 158 Å². The summed E-state index contributed by atoms with van der Waals surface area (Å²) in [5.74, 6) is -0.0854. The van der Waals surface area contributed by atoms with Gasteiger partial charge in [0, 0.05) is 61.0 Å². The van der Waals surface area contributed by atoms with E-state index in [0.29, 0.717) is 6.54 Å². The Bertz CT molecular complexity index is 929. The summed E-state index contributed by atoms with van der Waals surface area (Å²) in [7, 11) is 1.88. The number of aromatic amines is 1. The fourth-order valence-corrected chi connectivity index (χ4v) is 3.97. The van der Waals surface area contributed by atoms with Crippen molar-refractivity contribution in [3.05, 3.63) is 71.7 Å². The first kappa shape index (κ1) is 17.7. The van der Waals surface area contributed by atoms with Crippen LogP contribution in [0, 0.1) is 5.82 Å². The lowest BCUT2D eigenvalue weighted by Crippen LogP contribution is -2.45. The number of benzene rings is 2. The quantitative estimate of drug-likeness (QED) is 0.758. The summed E-state index contributed by atoms with van der Waals surface area (Å²) in [5.41, 5.74) is 2.44. The van der Waals surface area contributed by atoms with E-state index < -0.39 is 0 Å². The monoisotopic (exact) mass is 365 g/mol. The maximum atomic E-state index is 14.4. The Kier molecular flexibility index (Phi) is 4.94. The van der Waals surface area contributed by atoms with Crippen LogP contribution in [0.2, 0.25) is 0 Å². The molecular weight excluding hydrogens is 341 g/mol. The van der Waals surface area contributed by atoms with Gasteiger partial charge in [-0.2, -0.15) is 0 Å². The molecule has 5 heteroatoms. The summed E-state index contributed by atoms with van der Waals surface area (Å²) in [4.78, 5) is 19.9. The lowest BCUT2D eigenvalue weighted by molar-refractivity contribution is 0.0636. The maximum Gasteiger partial charge on any atom is 0.253 e. The number of piperidine rings is 1. The van der Waals surface area contributed by atoms with Crippen LogP contribution in [0.15, 0.2) is 54.7 Å². The van der Waals surface area contributed by atoms with Gasteiger partial charge in [-0.05, 0) is 43.2 Å². The number of hydrogen-bond acceptors (Lipinski definition) is 2. The number of amides is 1. The van der Waals surface area contributed by atoms with Crippen LogP contribution in [0.3, 0.4) is 0 Å². The minimum atomic E-state index is -0.152. The molecule has 0 atom stereocenters. The molecule has 0 saturated carbocycles. The number of aromatic nitrogens is 1. The van der Waals surface area contributed by atoms with Gasteiger partial charge in [-0.15, -0.1) is 0 Å². The average Bonchev–Trinajstić information content (AvgIpc) is 3.19. The molecule has 2 heterocycles. The molecule has 1 aliphatic rings. The van der Waals surface area contributed by atoms with E-state index in [1.807, 2.05) is 54.5 Å². The van der Waals surface area contributed by atoms with Crippen LogP contribution in [0.1, 0.15) is 28.8 Å². The molecule has 1 fully saturated rings. The predicted octanol–water partition coefficient (Wildman–Crippen LogP) is 4.04. The summed E-state index contributed by atoms with van der Waals surface area (Å²) in [5, 5.41) is 0.952. The van der Waals surface area contributed by atoms with Crippen molar-refractivity contribution in [3.63, 3.8) is 0 Å². The molecule has 0 aliphatic carbocycles. The van der Waals surface area contributed by atoms with Gasteiger partial charge in [0.25, 0.3) is 5.91 Å². The van der Waals surface area contributed by atoms with Crippen LogP contribution < -0.4 is 0 Å². The van der Waals surface area contributed by atoms with Crippen LogP contribution in [0.4, 0.5) is 4.39 Å². The zero-order valence-corrected chi connectivity index (χ0v) is 15.5. The summed E-state index contributed by atoms with van der Waals surface area (Å²) in [6.07, 6.45) is 3.66. The van der Waals surface area contributed by atoms with Gasteiger partial charge >= 0.3 is 0 Å². The Balaban J connectivity index is 1.39. The number of carbonyl (C=O) groups excluding carboxylic acids is 1. The van der Waals surface area contributed by atoms with Crippen molar-refractivity contribution in [1.82, 2.24) is 14.8 Å². The molecule has 0 spiro atoms. The van der Waals surface area contributed by atoms with Crippen molar-refractivity contribution in [1.29, 1.82) is 0 Å². The Morgan fingerprint density at radius 2 is 1.89 bits per heavy atom. The number of nitrogens with zero attached hydrogens (tertiary/aromatic N) is 2. The van der Waals surface area contributed by atoms with Gasteiger partial charge in [-0.1, -0.05) is 18.2 Å². The third-order valence-corrected chi connectivity index (χ3v) is 5.62. The maximum absolute atomic E-state index is 14.4. The van der Waals surface area contributed by atoms with Crippen molar-refractivity contribution in [2.45, 2.75) is 25.4 Å². The van der Waals surface area contributed by atoms with Gasteiger partial charge in [0.2, 0.25) is 0 Å². The van der Waals surface area contributed by atoms with Gasteiger partial charge in [-0.3, -0.25) is 9.69 Å². The van der Waals surface area contributed by atoms with Crippen LogP contribution in [0.25, 0.3) is 10.9 Å². The molecule has 1 aliphatic heterocycles. The average molecular weight is 365 g/mol. The highest BCUT2D eigenvalue weighted by atomic mass is 19.1. The highest BCUT2D eigenvalue weighted by Gasteiger charge is 2.26. The normalized spacial score (nSPS) is 15.9. The number of likely N-dealkylation sites (tertiary alicyclic amines) is 1. The Morgan fingerprint density at radius 3 is 2.63 bits per heavy atom. The van der Waals surface area contributed by atoms with Gasteiger partial charge in [0.05, 0.1) is 0 Å². The third-order valence-electron chi connectivity index (χ3n) is 5.62. The number of fused-ring (bicyclic) bond motifs is 1. The second-order valence-electron chi connectivity index (χ2n) is 7.25. The lowest BCUT2D eigenvalue weighted by Gasteiger charge is -2.37. The minimum Gasteiger partial charge on any atom is -0.361 e. The molecular formula is C22H24FN3O. The zero-order valence-electron chi connectivity index (χ0n) is 15.5. The van der Waals surface area contributed by atoms with Crippen molar-refractivity contribution in [3.8, 4) is 0 Å². The topological polar surface area (TPSA) is 39.3 Å². The molecule has 3 aromatic rings. The van der Waals surface area contributed by atoms with E-state index in [4.69, 9.17) is 0 Å². The number of carbonyl (C=O) groups is 1. The van der Waals surface area contributed by atoms with Crippen LogP contribution in [0.5, 0.6) is 0 Å². The smallest absolute Gasteiger partial charge is 0.253 e. The number of nitrogens with one attached hydrogen (secondary N) is 1. The summed E-state index contributed by atoms with van der Waals surface area (Å²) >= 11 is 0. The van der Waals surface area contributed by atoms with E-state index in [-0.39, 0.29) is 17.8 Å². The number of hydrogen-bond donors (Lipinski definition) is 1. The van der Waals surface area contributed by atoms with Gasteiger partial charge < -0.3 is 9.88 Å². The summed E-state index contributed by atoms with van der Waals surface area (Å²) < 4.78 is 14.4. The number of halogens is 1. The van der Waals surface area contributed by atoms with E-state index in [2.05, 4.69) is 9.88 Å². The predicted molar refractivity (Wildman–Crippen MR) is 105 cm³/mol. The highest BCUT2D eigenvalue weighted by Crippen LogP contribution is 2.25. The van der Waals surface area contributed by atoms with Crippen molar-refractivity contribution in [2.75, 3.05) is 20.1 Å². The molecule has 0 radical (unpaired) electrons. The molecule has 1 saturated heterocycles. The second kappa shape index (κ2) is 7.53. The lowest BCUT2D eigenvalue weighted by atomic mass is 10.0. The zero-order chi connectivity index (χ0) is 18.8. The molecule has 140 valence electrons. The van der Waals surface area contributed by atoms with E-state index in [9.17, 15) is 9.18 Å². The molecule has 0 bridgehead atoms. The fraction of sp³-hybridized carbons (Fsp3) is 0.318. The largest absolute Gasteiger partial charge is 0.361 e. The highest BCUT2D eigenvalue weighted by molar-refractivity contribution is 5.94. The molecule has 1 N–H and O–H groups in total. The molecule has 0 unspecified atom stereocenters. The van der Waals surface area contributed by atoms with E-state index in [0.717, 1.165) is 48.0 Å². The molecule has 1 amide bonds. The standard InChI is InChI=1S/C22H24FN3O/c1-25(22(27)16-5-3-2-4-6-16)17-10-13-26(14-11-17)15-19-18-9-12-24-21(18)8-7-20(19)23/h2-9,12,17,24H,10-11,13-15H2,1H3. The first-order chi connectivity index (χ1) is 13.1. The SMILES string of the molecule is CN(C(=O)c1ccccc1)C1CCN(Cc2c(F)ccc3[nH]ccc23)CC1. The van der Waals surface area contributed by atoms with E-state index in [1.54, 1.807) is 6.07 Å². The second-order valence-corrected chi connectivity index (χ2v) is 7.25. The third kappa shape index (κ3) is 3.60.